The standard InChI is InChI=1S/C20H20Cl2N6O2/c1-3-16-26-18(27-28(16)17-14(21)9-6-10-15(17)22)19(29)24-12-7-5-8-13(11-12)25-20(30)23-4-2/h5-11H,3-4H2,1-2H3,(H,24,29)(H2,23,25,30). The fourth-order valence-corrected chi connectivity index (χ4v) is 3.29. The van der Waals surface area contributed by atoms with E-state index in [1.165, 1.54) is 4.68 Å². The molecule has 8 nitrogen and oxygen atoms in total. The Morgan fingerprint density at radius 1 is 1.00 bits per heavy atom. The van der Waals surface area contributed by atoms with Crippen LogP contribution < -0.4 is 16.0 Å². The second-order valence-corrected chi connectivity index (χ2v) is 7.02. The molecule has 0 saturated heterocycles. The van der Waals surface area contributed by atoms with E-state index in [-0.39, 0.29) is 11.9 Å². The molecule has 3 rings (SSSR count). The Hall–Kier alpha value is -3.10. The van der Waals surface area contributed by atoms with Gasteiger partial charge in [-0.05, 0) is 37.3 Å². The van der Waals surface area contributed by atoms with Crippen LogP contribution in [0.3, 0.4) is 0 Å². The van der Waals surface area contributed by atoms with E-state index in [1.807, 2.05) is 13.8 Å². The van der Waals surface area contributed by atoms with Crippen molar-refractivity contribution in [1.29, 1.82) is 0 Å². The summed E-state index contributed by atoms with van der Waals surface area (Å²) in [7, 11) is 0. The summed E-state index contributed by atoms with van der Waals surface area (Å²) in [6, 6.07) is 11.5. The number of hydrogen-bond acceptors (Lipinski definition) is 4. The van der Waals surface area contributed by atoms with Crippen LogP contribution >= 0.6 is 23.2 Å². The highest BCUT2D eigenvalue weighted by molar-refractivity contribution is 6.37. The molecule has 0 unspecified atom stereocenters. The number of nitrogens with one attached hydrogen (secondary N) is 3. The monoisotopic (exact) mass is 446 g/mol. The number of aromatic nitrogens is 3. The maximum absolute atomic E-state index is 12.7. The minimum atomic E-state index is -0.498. The van der Waals surface area contributed by atoms with Crippen LogP contribution in [-0.4, -0.2) is 33.2 Å². The van der Waals surface area contributed by atoms with Crippen molar-refractivity contribution < 1.29 is 9.59 Å². The minimum absolute atomic E-state index is 0.0232. The van der Waals surface area contributed by atoms with Crippen LogP contribution in [0.1, 0.15) is 30.3 Å². The Bertz CT molecular complexity index is 1060. The van der Waals surface area contributed by atoms with Gasteiger partial charge < -0.3 is 16.0 Å². The van der Waals surface area contributed by atoms with Crippen LogP contribution in [0.25, 0.3) is 5.69 Å². The predicted molar refractivity (Wildman–Crippen MR) is 118 cm³/mol. The van der Waals surface area contributed by atoms with E-state index in [1.54, 1.807) is 42.5 Å². The molecule has 156 valence electrons. The lowest BCUT2D eigenvalue weighted by atomic mass is 10.2. The first-order chi connectivity index (χ1) is 14.4. The topological polar surface area (TPSA) is 101 Å². The lowest BCUT2D eigenvalue weighted by molar-refractivity contribution is 0.101. The number of rotatable bonds is 6. The van der Waals surface area contributed by atoms with Gasteiger partial charge in [0.25, 0.3) is 5.91 Å². The highest BCUT2D eigenvalue weighted by Crippen LogP contribution is 2.29. The zero-order valence-electron chi connectivity index (χ0n) is 16.4. The first-order valence-corrected chi connectivity index (χ1v) is 10.0. The second-order valence-electron chi connectivity index (χ2n) is 6.21. The molecule has 3 aromatic rings. The number of urea groups is 1. The van der Waals surface area contributed by atoms with E-state index >= 15 is 0 Å². The number of para-hydroxylation sites is 1. The van der Waals surface area contributed by atoms with Gasteiger partial charge >= 0.3 is 6.03 Å². The summed E-state index contributed by atoms with van der Waals surface area (Å²) < 4.78 is 1.48. The summed E-state index contributed by atoms with van der Waals surface area (Å²) in [5.74, 6) is 0.0218. The number of hydrogen-bond donors (Lipinski definition) is 3. The molecule has 0 spiro atoms. The molecule has 30 heavy (non-hydrogen) atoms. The van der Waals surface area contributed by atoms with Crippen molar-refractivity contribution in [2.75, 3.05) is 17.2 Å². The summed E-state index contributed by atoms with van der Waals surface area (Å²) >= 11 is 12.6. The maximum Gasteiger partial charge on any atom is 0.319 e. The van der Waals surface area contributed by atoms with Crippen LogP contribution in [0.4, 0.5) is 16.2 Å². The van der Waals surface area contributed by atoms with Crippen LogP contribution in [0, 0.1) is 0 Å². The van der Waals surface area contributed by atoms with Gasteiger partial charge in [0.05, 0.1) is 10.0 Å². The lowest BCUT2D eigenvalue weighted by Gasteiger charge is -2.09. The van der Waals surface area contributed by atoms with E-state index in [0.717, 1.165) is 0 Å². The molecule has 2 aromatic carbocycles. The van der Waals surface area contributed by atoms with E-state index < -0.39 is 5.91 Å². The molecule has 0 aliphatic heterocycles. The normalized spacial score (nSPS) is 10.5. The van der Waals surface area contributed by atoms with Gasteiger partial charge in [-0.1, -0.05) is 42.3 Å². The smallest absolute Gasteiger partial charge is 0.319 e. The molecular formula is C20H20Cl2N6O2. The van der Waals surface area contributed by atoms with E-state index in [4.69, 9.17) is 23.2 Å². The van der Waals surface area contributed by atoms with Gasteiger partial charge in [0, 0.05) is 24.3 Å². The van der Waals surface area contributed by atoms with Gasteiger partial charge in [0.2, 0.25) is 5.82 Å². The third-order valence-corrected chi connectivity index (χ3v) is 4.67. The van der Waals surface area contributed by atoms with Crippen LogP contribution in [0.2, 0.25) is 10.0 Å². The van der Waals surface area contributed by atoms with Crippen LogP contribution in [0.5, 0.6) is 0 Å². The zero-order valence-corrected chi connectivity index (χ0v) is 17.9. The summed E-state index contributed by atoms with van der Waals surface area (Å²) in [5.41, 5.74) is 1.49. The predicted octanol–water partition coefficient (Wildman–Crippen LogP) is 4.53. The van der Waals surface area contributed by atoms with Crippen molar-refractivity contribution in [2.24, 2.45) is 0 Å². The number of carbonyl (C=O) groups is 2. The number of halogens is 2. The van der Waals surface area contributed by atoms with Gasteiger partial charge in [-0.15, -0.1) is 5.10 Å². The summed E-state index contributed by atoms with van der Waals surface area (Å²) in [4.78, 5) is 28.7. The van der Waals surface area contributed by atoms with Gasteiger partial charge in [0.15, 0.2) is 0 Å². The first kappa shape index (κ1) is 21.6. The average molecular weight is 447 g/mol. The third kappa shape index (κ3) is 4.90. The van der Waals surface area contributed by atoms with Crippen molar-refractivity contribution in [3.8, 4) is 5.69 Å². The molecular weight excluding hydrogens is 427 g/mol. The number of amides is 3. The van der Waals surface area contributed by atoms with Crippen molar-refractivity contribution in [1.82, 2.24) is 20.1 Å². The molecule has 0 bridgehead atoms. The first-order valence-electron chi connectivity index (χ1n) is 9.29. The third-order valence-electron chi connectivity index (χ3n) is 4.06. The van der Waals surface area contributed by atoms with E-state index in [0.29, 0.717) is 45.9 Å². The summed E-state index contributed by atoms with van der Waals surface area (Å²) in [6.07, 6.45) is 0.522. The SMILES string of the molecule is CCNC(=O)Nc1cccc(NC(=O)c2nc(CC)n(-c3c(Cl)cccc3Cl)n2)c1. The van der Waals surface area contributed by atoms with E-state index in [2.05, 4.69) is 26.0 Å². The maximum atomic E-state index is 12.7. The van der Waals surface area contributed by atoms with Gasteiger partial charge in [-0.25, -0.2) is 14.5 Å². The molecule has 0 radical (unpaired) electrons. The zero-order chi connectivity index (χ0) is 21.7. The van der Waals surface area contributed by atoms with Crippen molar-refractivity contribution >= 4 is 46.5 Å². The van der Waals surface area contributed by atoms with Crippen molar-refractivity contribution in [2.45, 2.75) is 20.3 Å². The quantitative estimate of drug-likeness (QED) is 0.517. The molecule has 10 heteroatoms. The van der Waals surface area contributed by atoms with Gasteiger partial charge in [0.1, 0.15) is 11.5 Å². The molecule has 0 atom stereocenters. The molecule has 0 aliphatic rings. The Balaban J connectivity index is 1.83. The fraction of sp³-hybridized carbons (Fsp3) is 0.200. The molecule has 3 amide bonds. The summed E-state index contributed by atoms with van der Waals surface area (Å²) in [5, 5.41) is 13.2. The highest BCUT2D eigenvalue weighted by atomic mass is 35.5. The van der Waals surface area contributed by atoms with E-state index in [9.17, 15) is 9.59 Å². The Morgan fingerprint density at radius 2 is 1.63 bits per heavy atom. The fourth-order valence-electron chi connectivity index (χ4n) is 2.74. The number of benzene rings is 2. The van der Waals surface area contributed by atoms with Crippen LogP contribution in [0.15, 0.2) is 42.5 Å². The Morgan fingerprint density at radius 3 is 2.27 bits per heavy atom. The van der Waals surface area contributed by atoms with Gasteiger partial charge in [-0.3, -0.25) is 4.79 Å². The van der Waals surface area contributed by atoms with Crippen molar-refractivity contribution in [3.63, 3.8) is 0 Å². The number of aryl methyl sites for hydroxylation is 1. The van der Waals surface area contributed by atoms with Crippen molar-refractivity contribution in [3.05, 3.63) is 64.2 Å². The lowest BCUT2D eigenvalue weighted by Crippen LogP contribution is -2.28. The minimum Gasteiger partial charge on any atom is -0.338 e. The second kappa shape index (κ2) is 9.60. The number of carbonyl (C=O) groups excluding carboxylic acids is 2. The summed E-state index contributed by atoms with van der Waals surface area (Å²) in [6.45, 7) is 4.22. The molecule has 1 heterocycles. The average Bonchev–Trinajstić information content (AvgIpc) is 3.12. The molecule has 3 N–H and O–H groups in total. The number of anilines is 2. The molecule has 0 saturated carbocycles. The Labute approximate surface area is 183 Å². The molecule has 0 fully saturated rings. The van der Waals surface area contributed by atoms with Crippen LogP contribution in [-0.2, 0) is 6.42 Å². The highest BCUT2D eigenvalue weighted by Gasteiger charge is 2.20. The number of nitrogens with zero attached hydrogens (tertiary/aromatic N) is 3. The largest absolute Gasteiger partial charge is 0.338 e. The molecule has 1 aromatic heterocycles. The van der Waals surface area contributed by atoms with Gasteiger partial charge in [-0.2, -0.15) is 0 Å². The molecule has 0 aliphatic carbocycles. The Kier molecular flexibility index (Phi) is 6.91.